The molecule has 2 aromatic rings. The molecule has 3 N–H and O–H groups in total. The molecule has 1 atom stereocenters. The lowest BCUT2D eigenvalue weighted by Crippen LogP contribution is -2.39. The highest BCUT2D eigenvalue weighted by molar-refractivity contribution is 5.87. The smallest absolute Gasteiger partial charge is 0.325 e. The number of carbonyl (C=O) groups is 2. The van der Waals surface area contributed by atoms with Crippen LogP contribution in [0.4, 0.5) is 0 Å². The maximum absolute atomic E-state index is 12.0. The number of hydrogen-bond donors (Lipinski definition) is 3. The van der Waals surface area contributed by atoms with Crippen molar-refractivity contribution >= 4 is 22.9 Å². The van der Waals surface area contributed by atoms with Gasteiger partial charge in [-0.2, -0.15) is 0 Å². The Morgan fingerprint density at radius 2 is 2.05 bits per heavy atom. The highest BCUT2D eigenvalue weighted by Crippen LogP contribution is 2.20. The summed E-state index contributed by atoms with van der Waals surface area (Å²) in [6, 6.07) is -0.968. The van der Waals surface area contributed by atoms with Crippen LogP contribution in [0.1, 0.15) is 23.7 Å². The van der Waals surface area contributed by atoms with Crippen LogP contribution < -0.4 is 10.9 Å². The second kappa shape index (κ2) is 5.63. The van der Waals surface area contributed by atoms with Gasteiger partial charge < -0.3 is 10.4 Å². The Morgan fingerprint density at radius 3 is 2.64 bits per heavy atom. The fraction of sp³-hybridized carbons (Fsp3) is 0.429. The number of aryl methyl sites for hydroxylation is 3. The quantitative estimate of drug-likeness (QED) is 0.735. The van der Waals surface area contributed by atoms with E-state index in [1.807, 2.05) is 0 Å². The number of H-pyrrole nitrogens is 1. The van der Waals surface area contributed by atoms with Crippen molar-refractivity contribution in [1.82, 2.24) is 20.1 Å². The molecule has 0 aromatic carbocycles. The first-order valence-electron chi connectivity index (χ1n) is 6.79. The van der Waals surface area contributed by atoms with Crippen LogP contribution in [0.25, 0.3) is 11.0 Å². The summed E-state index contributed by atoms with van der Waals surface area (Å²) in [7, 11) is 1.69. The number of nitrogens with one attached hydrogen (secondary N) is 2. The molecule has 2 heterocycles. The lowest BCUT2D eigenvalue weighted by Gasteiger charge is -2.12. The number of amides is 1. The Bertz CT molecular complexity index is 818. The largest absolute Gasteiger partial charge is 0.480 e. The van der Waals surface area contributed by atoms with Gasteiger partial charge in [0.15, 0.2) is 5.65 Å². The lowest BCUT2D eigenvalue weighted by atomic mass is 10.0. The number of carboxylic acid groups (broad SMARTS) is 1. The van der Waals surface area contributed by atoms with E-state index in [9.17, 15) is 14.4 Å². The van der Waals surface area contributed by atoms with E-state index < -0.39 is 17.9 Å². The Morgan fingerprint density at radius 1 is 1.41 bits per heavy atom. The van der Waals surface area contributed by atoms with Crippen LogP contribution in [0.2, 0.25) is 0 Å². The molecule has 2 rings (SSSR count). The van der Waals surface area contributed by atoms with Crippen molar-refractivity contribution in [2.45, 2.75) is 33.2 Å². The molecule has 2 aromatic heterocycles. The Labute approximate surface area is 126 Å². The molecule has 0 radical (unpaired) electrons. The number of pyridine rings is 1. The summed E-state index contributed by atoms with van der Waals surface area (Å²) in [5.74, 6) is -1.52. The molecular formula is C14H18N4O4. The normalized spacial score (nSPS) is 12.4. The molecule has 0 saturated carbocycles. The zero-order valence-corrected chi connectivity index (χ0v) is 12.9. The first kappa shape index (κ1) is 15.7. The summed E-state index contributed by atoms with van der Waals surface area (Å²) in [5.41, 5.74) is 2.23. The van der Waals surface area contributed by atoms with E-state index in [1.54, 1.807) is 20.9 Å². The van der Waals surface area contributed by atoms with Crippen LogP contribution in [0.5, 0.6) is 0 Å². The molecule has 22 heavy (non-hydrogen) atoms. The maximum Gasteiger partial charge on any atom is 0.325 e. The van der Waals surface area contributed by atoms with Gasteiger partial charge in [-0.05, 0) is 31.9 Å². The van der Waals surface area contributed by atoms with Crippen LogP contribution in [-0.4, -0.2) is 37.8 Å². The molecule has 118 valence electrons. The number of hydrogen-bond acceptors (Lipinski definition) is 4. The molecule has 8 nitrogen and oxygen atoms in total. The molecule has 0 aliphatic heterocycles. The second-order valence-electron chi connectivity index (χ2n) is 5.30. The van der Waals surface area contributed by atoms with Crippen LogP contribution in [0.3, 0.4) is 0 Å². The van der Waals surface area contributed by atoms with Gasteiger partial charge in [0, 0.05) is 12.7 Å². The lowest BCUT2D eigenvalue weighted by molar-refractivity contribution is -0.141. The van der Waals surface area contributed by atoms with Gasteiger partial charge >= 0.3 is 5.97 Å². The third-order valence-corrected chi connectivity index (χ3v) is 3.66. The third-order valence-electron chi connectivity index (χ3n) is 3.66. The predicted molar refractivity (Wildman–Crippen MR) is 79.8 cm³/mol. The molecule has 8 heteroatoms. The highest BCUT2D eigenvalue weighted by Gasteiger charge is 2.19. The molecule has 0 fully saturated rings. The van der Waals surface area contributed by atoms with Gasteiger partial charge in [-0.1, -0.05) is 0 Å². The van der Waals surface area contributed by atoms with Crippen LogP contribution in [0, 0.1) is 13.8 Å². The standard InChI is InChI=1S/C14H18N4O4/c1-6-9(5-10(19)15-8(3)14(21)22)7(2)16-12-11(6)13(20)17-18(12)4/h8H,5H2,1-4H3,(H,15,19)(H,17,20)(H,21,22). The number of carbonyl (C=O) groups excluding carboxylic acids is 1. The van der Waals surface area contributed by atoms with Crippen LogP contribution >= 0.6 is 0 Å². The zero-order valence-electron chi connectivity index (χ0n) is 12.9. The molecular weight excluding hydrogens is 288 g/mol. The van der Waals surface area contributed by atoms with Gasteiger partial charge in [-0.25, -0.2) is 4.98 Å². The van der Waals surface area contributed by atoms with Crippen LogP contribution in [-0.2, 0) is 23.1 Å². The molecule has 0 spiro atoms. The molecule has 1 amide bonds. The minimum atomic E-state index is -1.10. The third kappa shape index (κ3) is 2.72. The van der Waals surface area contributed by atoms with Crippen molar-refractivity contribution in [1.29, 1.82) is 0 Å². The molecule has 0 aliphatic carbocycles. The van der Waals surface area contributed by atoms with Crippen molar-refractivity contribution < 1.29 is 14.7 Å². The summed E-state index contributed by atoms with van der Waals surface area (Å²) in [4.78, 5) is 39.0. The van der Waals surface area contributed by atoms with E-state index in [1.165, 1.54) is 11.6 Å². The second-order valence-corrected chi connectivity index (χ2v) is 5.30. The number of fused-ring (bicyclic) bond motifs is 1. The minimum Gasteiger partial charge on any atom is -0.480 e. The summed E-state index contributed by atoms with van der Waals surface area (Å²) < 4.78 is 1.54. The average Bonchev–Trinajstić information content (AvgIpc) is 2.69. The zero-order chi connectivity index (χ0) is 16.6. The maximum atomic E-state index is 12.0. The number of aromatic amines is 1. The summed E-state index contributed by atoms with van der Waals surface area (Å²) in [6.07, 6.45) is -0.0213. The molecule has 1 unspecified atom stereocenters. The first-order chi connectivity index (χ1) is 10.2. The van der Waals surface area contributed by atoms with E-state index in [4.69, 9.17) is 5.11 Å². The van der Waals surface area contributed by atoms with Crippen molar-refractivity contribution in [3.05, 3.63) is 27.2 Å². The molecule has 0 aliphatic rings. The summed E-state index contributed by atoms with van der Waals surface area (Å²) in [5, 5.41) is 14.3. The van der Waals surface area contributed by atoms with E-state index in [0.717, 1.165) is 0 Å². The Hall–Kier alpha value is -2.64. The predicted octanol–water partition coefficient (Wildman–Crippen LogP) is 0.0102. The van der Waals surface area contributed by atoms with Crippen molar-refractivity contribution in [3.8, 4) is 0 Å². The number of nitrogens with zero attached hydrogens (tertiary/aromatic N) is 2. The number of carboxylic acids is 1. The Kier molecular flexibility index (Phi) is 4.03. The number of aliphatic carboxylic acids is 1. The van der Waals surface area contributed by atoms with Gasteiger partial charge in [0.25, 0.3) is 5.56 Å². The average molecular weight is 306 g/mol. The van der Waals surface area contributed by atoms with Gasteiger partial charge in [-0.15, -0.1) is 0 Å². The van der Waals surface area contributed by atoms with E-state index >= 15 is 0 Å². The highest BCUT2D eigenvalue weighted by atomic mass is 16.4. The van der Waals surface area contributed by atoms with Gasteiger partial charge in [-0.3, -0.25) is 24.2 Å². The Balaban J connectivity index is 2.40. The van der Waals surface area contributed by atoms with Gasteiger partial charge in [0.1, 0.15) is 6.04 Å². The van der Waals surface area contributed by atoms with Crippen molar-refractivity contribution in [3.63, 3.8) is 0 Å². The first-order valence-corrected chi connectivity index (χ1v) is 6.79. The van der Waals surface area contributed by atoms with Crippen LogP contribution in [0.15, 0.2) is 4.79 Å². The van der Waals surface area contributed by atoms with Crippen molar-refractivity contribution in [2.24, 2.45) is 7.05 Å². The molecule has 0 saturated heterocycles. The number of rotatable bonds is 4. The summed E-state index contributed by atoms with van der Waals surface area (Å²) >= 11 is 0. The fourth-order valence-electron chi connectivity index (χ4n) is 2.42. The van der Waals surface area contributed by atoms with Crippen molar-refractivity contribution in [2.75, 3.05) is 0 Å². The monoisotopic (exact) mass is 306 g/mol. The minimum absolute atomic E-state index is 0.0213. The number of aromatic nitrogens is 3. The van der Waals surface area contributed by atoms with Gasteiger partial charge in [0.05, 0.1) is 11.8 Å². The van der Waals surface area contributed by atoms with Gasteiger partial charge in [0.2, 0.25) is 5.91 Å². The summed E-state index contributed by atoms with van der Waals surface area (Å²) in [6.45, 7) is 4.91. The van der Waals surface area contributed by atoms with E-state index in [0.29, 0.717) is 27.9 Å². The SMILES string of the molecule is Cc1nc2c(c(C)c1CC(=O)NC(C)C(=O)O)c(=O)[nH]n2C. The molecule has 0 bridgehead atoms. The van der Waals surface area contributed by atoms with E-state index in [2.05, 4.69) is 15.4 Å². The fourth-order valence-corrected chi connectivity index (χ4v) is 2.42. The topological polar surface area (TPSA) is 117 Å². The van der Waals surface area contributed by atoms with E-state index in [-0.39, 0.29) is 12.0 Å².